The molecule has 0 spiro atoms. The smallest absolute Gasteiger partial charge is 0.229 e. The summed E-state index contributed by atoms with van der Waals surface area (Å²) in [7, 11) is 0. The Morgan fingerprint density at radius 1 is 1.19 bits per heavy atom. The van der Waals surface area contributed by atoms with Crippen molar-refractivity contribution in [3.05, 3.63) is 23.8 Å². The number of amides is 3. The van der Waals surface area contributed by atoms with Gasteiger partial charge in [-0.3, -0.25) is 19.3 Å². The van der Waals surface area contributed by atoms with Crippen LogP contribution in [0.4, 0.5) is 5.69 Å². The Hall–Kier alpha value is -2.37. The van der Waals surface area contributed by atoms with Crippen molar-refractivity contribution in [2.24, 2.45) is 0 Å². The Bertz CT molecular complexity index is 596. The van der Waals surface area contributed by atoms with Crippen LogP contribution >= 0.6 is 0 Å². The monoisotopic (exact) mass is 288 g/mol. The van der Waals surface area contributed by atoms with Crippen LogP contribution in [-0.2, 0) is 20.8 Å². The Morgan fingerprint density at radius 2 is 1.95 bits per heavy atom. The summed E-state index contributed by atoms with van der Waals surface area (Å²) in [5.41, 5.74) is 1.79. The zero-order valence-electron chi connectivity index (χ0n) is 11.6. The first-order valence-electron chi connectivity index (χ1n) is 7.02. The number of imide groups is 1. The van der Waals surface area contributed by atoms with Crippen LogP contribution < -0.4 is 10.1 Å². The average molecular weight is 288 g/mol. The third kappa shape index (κ3) is 2.89. The first kappa shape index (κ1) is 13.6. The van der Waals surface area contributed by atoms with E-state index in [0.717, 1.165) is 22.6 Å². The van der Waals surface area contributed by atoms with E-state index in [1.165, 1.54) is 0 Å². The standard InChI is InChI=1S/C15H16N2O4/c18-13(5-7-17-14(19)3-4-15(17)20)16-11-1-2-12-10(9-11)6-8-21-12/h1-2,9H,3-8H2,(H,16,18). The largest absolute Gasteiger partial charge is 0.493 e. The van der Waals surface area contributed by atoms with Gasteiger partial charge in [0.05, 0.1) is 6.61 Å². The number of carbonyl (C=O) groups is 3. The van der Waals surface area contributed by atoms with Gasteiger partial charge in [0.25, 0.3) is 0 Å². The second kappa shape index (κ2) is 5.55. The van der Waals surface area contributed by atoms with E-state index in [2.05, 4.69) is 5.32 Å². The minimum absolute atomic E-state index is 0.116. The molecule has 1 aromatic rings. The molecule has 3 rings (SSSR count). The molecule has 2 aliphatic rings. The van der Waals surface area contributed by atoms with Gasteiger partial charge >= 0.3 is 0 Å². The lowest BCUT2D eigenvalue weighted by molar-refractivity contribution is -0.138. The lowest BCUT2D eigenvalue weighted by Crippen LogP contribution is -2.32. The van der Waals surface area contributed by atoms with Crippen LogP contribution in [0.2, 0.25) is 0 Å². The van der Waals surface area contributed by atoms with E-state index in [1.54, 1.807) is 6.07 Å². The maximum atomic E-state index is 11.9. The summed E-state index contributed by atoms with van der Waals surface area (Å²) in [6.07, 6.45) is 1.47. The Balaban J connectivity index is 1.54. The minimum Gasteiger partial charge on any atom is -0.493 e. The number of hydrogen-bond donors (Lipinski definition) is 1. The van der Waals surface area contributed by atoms with Gasteiger partial charge in [-0.2, -0.15) is 0 Å². The van der Waals surface area contributed by atoms with E-state index < -0.39 is 0 Å². The van der Waals surface area contributed by atoms with Gasteiger partial charge in [-0.05, 0) is 23.8 Å². The molecule has 3 amide bonds. The van der Waals surface area contributed by atoms with Crippen LogP contribution in [0.15, 0.2) is 18.2 Å². The lowest BCUT2D eigenvalue weighted by atomic mass is 10.1. The van der Waals surface area contributed by atoms with Crippen molar-refractivity contribution < 1.29 is 19.1 Å². The van der Waals surface area contributed by atoms with Gasteiger partial charge in [-0.1, -0.05) is 0 Å². The van der Waals surface area contributed by atoms with Crippen LogP contribution in [0.1, 0.15) is 24.8 Å². The Labute approximate surface area is 122 Å². The van der Waals surface area contributed by atoms with Crippen LogP contribution in [0, 0.1) is 0 Å². The summed E-state index contributed by atoms with van der Waals surface area (Å²) in [6, 6.07) is 5.52. The van der Waals surface area contributed by atoms with E-state index in [1.807, 2.05) is 12.1 Å². The first-order chi connectivity index (χ1) is 10.1. The molecule has 21 heavy (non-hydrogen) atoms. The van der Waals surface area contributed by atoms with E-state index in [9.17, 15) is 14.4 Å². The molecule has 0 bridgehead atoms. The van der Waals surface area contributed by atoms with Crippen molar-refractivity contribution in [3.63, 3.8) is 0 Å². The van der Waals surface area contributed by atoms with E-state index >= 15 is 0 Å². The fraction of sp³-hybridized carbons (Fsp3) is 0.400. The van der Waals surface area contributed by atoms with Gasteiger partial charge in [-0.15, -0.1) is 0 Å². The lowest BCUT2D eigenvalue weighted by Gasteiger charge is -2.13. The average Bonchev–Trinajstić information content (AvgIpc) is 3.04. The number of anilines is 1. The quantitative estimate of drug-likeness (QED) is 0.842. The molecule has 0 saturated carbocycles. The summed E-state index contributed by atoms with van der Waals surface area (Å²) in [5, 5.41) is 2.78. The van der Waals surface area contributed by atoms with E-state index in [4.69, 9.17) is 4.74 Å². The number of nitrogens with zero attached hydrogens (tertiary/aromatic N) is 1. The molecule has 2 heterocycles. The number of fused-ring (bicyclic) bond motifs is 1. The van der Waals surface area contributed by atoms with Crippen LogP contribution in [0.25, 0.3) is 0 Å². The zero-order valence-corrected chi connectivity index (χ0v) is 11.6. The van der Waals surface area contributed by atoms with Gasteiger partial charge in [0.15, 0.2) is 0 Å². The van der Waals surface area contributed by atoms with Crippen molar-refractivity contribution in [1.29, 1.82) is 0 Å². The highest BCUT2D eigenvalue weighted by atomic mass is 16.5. The van der Waals surface area contributed by atoms with Crippen molar-refractivity contribution >= 4 is 23.4 Å². The fourth-order valence-electron chi connectivity index (χ4n) is 2.57. The zero-order chi connectivity index (χ0) is 14.8. The second-order valence-electron chi connectivity index (χ2n) is 5.16. The predicted molar refractivity (Wildman–Crippen MR) is 74.8 cm³/mol. The predicted octanol–water partition coefficient (Wildman–Crippen LogP) is 1.10. The topological polar surface area (TPSA) is 75.7 Å². The first-order valence-corrected chi connectivity index (χ1v) is 7.02. The molecule has 1 N–H and O–H groups in total. The molecular formula is C15H16N2O4. The SMILES string of the molecule is O=C(CCN1C(=O)CCC1=O)Nc1ccc2c(c1)CCO2. The maximum absolute atomic E-state index is 11.9. The normalized spacial score (nSPS) is 16.9. The van der Waals surface area contributed by atoms with Gasteiger partial charge in [0.2, 0.25) is 17.7 Å². The number of rotatable bonds is 4. The van der Waals surface area contributed by atoms with Gasteiger partial charge in [0, 0.05) is 37.9 Å². The molecular weight excluding hydrogens is 272 g/mol. The maximum Gasteiger partial charge on any atom is 0.229 e. The third-order valence-electron chi connectivity index (χ3n) is 3.69. The highest BCUT2D eigenvalue weighted by molar-refractivity contribution is 6.02. The third-order valence-corrected chi connectivity index (χ3v) is 3.69. The van der Waals surface area contributed by atoms with E-state index in [-0.39, 0.29) is 43.5 Å². The number of benzene rings is 1. The molecule has 0 unspecified atom stereocenters. The molecule has 110 valence electrons. The number of ether oxygens (including phenoxy) is 1. The number of hydrogen-bond acceptors (Lipinski definition) is 4. The number of carbonyl (C=O) groups excluding carboxylic acids is 3. The summed E-state index contributed by atoms with van der Waals surface area (Å²) < 4.78 is 5.40. The fourth-order valence-corrected chi connectivity index (χ4v) is 2.57. The van der Waals surface area contributed by atoms with Crippen LogP contribution in [0.3, 0.4) is 0 Å². The second-order valence-corrected chi connectivity index (χ2v) is 5.16. The number of nitrogens with one attached hydrogen (secondary N) is 1. The molecule has 6 nitrogen and oxygen atoms in total. The van der Waals surface area contributed by atoms with Crippen molar-refractivity contribution in [2.45, 2.75) is 25.7 Å². The Morgan fingerprint density at radius 3 is 2.71 bits per heavy atom. The summed E-state index contributed by atoms with van der Waals surface area (Å²) in [6.45, 7) is 0.823. The van der Waals surface area contributed by atoms with Gasteiger partial charge in [-0.25, -0.2) is 0 Å². The number of likely N-dealkylation sites (tertiary alicyclic amines) is 1. The van der Waals surface area contributed by atoms with Crippen molar-refractivity contribution in [2.75, 3.05) is 18.5 Å². The summed E-state index contributed by atoms with van der Waals surface area (Å²) in [4.78, 5) is 35.9. The van der Waals surface area contributed by atoms with E-state index in [0.29, 0.717) is 12.3 Å². The van der Waals surface area contributed by atoms with Crippen molar-refractivity contribution in [3.8, 4) is 5.75 Å². The molecule has 1 fully saturated rings. The highest BCUT2D eigenvalue weighted by Crippen LogP contribution is 2.27. The molecule has 0 aliphatic carbocycles. The molecule has 0 aromatic heterocycles. The molecule has 2 aliphatic heterocycles. The summed E-state index contributed by atoms with van der Waals surface area (Å²) >= 11 is 0. The molecule has 0 atom stereocenters. The molecule has 0 radical (unpaired) electrons. The Kier molecular flexibility index (Phi) is 3.60. The highest BCUT2D eigenvalue weighted by Gasteiger charge is 2.28. The van der Waals surface area contributed by atoms with Gasteiger partial charge < -0.3 is 10.1 Å². The van der Waals surface area contributed by atoms with Crippen molar-refractivity contribution in [1.82, 2.24) is 4.90 Å². The van der Waals surface area contributed by atoms with Gasteiger partial charge in [0.1, 0.15) is 5.75 Å². The van der Waals surface area contributed by atoms with Crippen LogP contribution in [-0.4, -0.2) is 35.8 Å². The molecule has 1 aromatic carbocycles. The molecule has 1 saturated heterocycles. The summed E-state index contributed by atoms with van der Waals surface area (Å²) in [5.74, 6) is 0.271. The molecule has 6 heteroatoms. The van der Waals surface area contributed by atoms with Crippen LogP contribution in [0.5, 0.6) is 5.75 Å². The minimum atomic E-state index is -0.207.